The lowest BCUT2D eigenvalue weighted by atomic mass is 9.96. The second kappa shape index (κ2) is 12.4. The van der Waals surface area contributed by atoms with Crippen LogP contribution in [0.3, 0.4) is 0 Å². The van der Waals surface area contributed by atoms with Crippen LogP contribution in [0.1, 0.15) is 11.4 Å². The third kappa shape index (κ3) is 5.29. The first-order valence-corrected chi connectivity index (χ1v) is 17.6. The molecule has 52 heavy (non-hydrogen) atoms. The average Bonchev–Trinajstić information content (AvgIpc) is 3.60. The van der Waals surface area contributed by atoms with Crippen molar-refractivity contribution in [1.29, 1.82) is 0 Å². The van der Waals surface area contributed by atoms with Crippen molar-refractivity contribution < 1.29 is 4.42 Å². The Hall–Kier alpha value is -6.91. The number of nitrogens with zero attached hydrogens (tertiary/aromatic N) is 3. The van der Waals surface area contributed by atoms with Crippen molar-refractivity contribution in [3.8, 4) is 45.0 Å². The van der Waals surface area contributed by atoms with Crippen LogP contribution >= 0.6 is 0 Å². The molecule has 10 aromatic rings. The minimum Gasteiger partial charge on any atom is -0.456 e. The maximum absolute atomic E-state index is 6.44. The SMILES string of the molecule is c1ccc(-c2cccc(-c3ccc4oc5cccc(Cc6nc(-c7ccccc7)nc(-c7cc8ccccc8c8ccccc78)n6)c5c4c3)c2)cc1. The second-order valence-electron chi connectivity index (χ2n) is 13.2. The van der Waals surface area contributed by atoms with Crippen LogP contribution in [0.2, 0.25) is 0 Å². The zero-order valence-electron chi connectivity index (χ0n) is 28.2. The van der Waals surface area contributed by atoms with E-state index in [2.05, 4.69) is 152 Å². The summed E-state index contributed by atoms with van der Waals surface area (Å²) < 4.78 is 6.44. The standard InChI is InChI=1S/C48H31N3O/c1-3-13-31(14-4-1)33-18-11-19-34(27-33)35-25-26-43-42(28-35)46-37(20-12-24-44(46)52-43)30-45-49-47(32-15-5-2-6-16-32)51-48(50-45)41-29-36-17-7-8-21-38(36)39-22-9-10-23-40(39)41/h1-29H,30H2. The fraction of sp³-hybridized carbons (Fsp3) is 0.0208. The lowest BCUT2D eigenvalue weighted by Crippen LogP contribution is -2.04. The maximum atomic E-state index is 6.44. The summed E-state index contributed by atoms with van der Waals surface area (Å²) in [5, 5.41) is 6.82. The molecule has 10 rings (SSSR count). The molecule has 0 aliphatic rings. The van der Waals surface area contributed by atoms with Crippen LogP contribution < -0.4 is 0 Å². The summed E-state index contributed by atoms with van der Waals surface area (Å²) in [5.41, 5.74) is 9.43. The summed E-state index contributed by atoms with van der Waals surface area (Å²) in [6.07, 6.45) is 0.514. The second-order valence-corrected chi connectivity index (χ2v) is 13.2. The van der Waals surface area contributed by atoms with E-state index in [9.17, 15) is 0 Å². The van der Waals surface area contributed by atoms with Gasteiger partial charge in [0.2, 0.25) is 0 Å². The first-order chi connectivity index (χ1) is 25.7. The smallest absolute Gasteiger partial charge is 0.164 e. The normalized spacial score (nSPS) is 11.5. The van der Waals surface area contributed by atoms with Crippen molar-refractivity contribution in [2.45, 2.75) is 6.42 Å². The number of aromatic nitrogens is 3. The van der Waals surface area contributed by atoms with Gasteiger partial charge in [-0.3, -0.25) is 0 Å². The maximum Gasteiger partial charge on any atom is 0.164 e. The third-order valence-electron chi connectivity index (χ3n) is 9.96. The molecular formula is C48H31N3O. The molecule has 0 spiro atoms. The van der Waals surface area contributed by atoms with Crippen molar-refractivity contribution >= 4 is 43.5 Å². The summed E-state index contributed by atoms with van der Waals surface area (Å²) in [4.78, 5) is 15.4. The Labute approximate surface area is 300 Å². The van der Waals surface area contributed by atoms with E-state index in [4.69, 9.17) is 19.4 Å². The van der Waals surface area contributed by atoms with Crippen LogP contribution in [0.5, 0.6) is 0 Å². The average molecular weight is 666 g/mol. The van der Waals surface area contributed by atoms with Gasteiger partial charge in [-0.2, -0.15) is 0 Å². The highest BCUT2D eigenvalue weighted by atomic mass is 16.3. The molecule has 0 unspecified atom stereocenters. The molecule has 4 nitrogen and oxygen atoms in total. The fourth-order valence-corrected chi connectivity index (χ4v) is 7.48. The highest BCUT2D eigenvalue weighted by Gasteiger charge is 2.18. The summed E-state index contributed by atoms with van der Waals surface area (Å²) >= 11 is 0. The van der Waals surface area contributed by atoms with Gasteiger partial charge in [-0.25, -0.2) is 15.0 Å². The molecule has 0 bridgehead atoms. The highest BCUT2D eigenvalue weighted by molar-refractivity contribution is 6.13. The number of fused-ring (bicyclic) bond motifs is 6. The van der Waals surface area contributed by atoms with E-state index >= 15 is 0 Å². The number of benzene rings is 8. The molecule has 0 aliphatic heterocycles. The van der Waals surface area contributed by atoms with Crippen LogP contribution in [0.4, 0.5) is 0 Å². The number of hydrogen-bond donors (Lipinski definition) is 0. The molecule has 244 valence electrons. The molecule has 8 aromatic carbocycles. The van der Waals surface area contributed by atoms with Gasteiger partial charge < -0.3 is 4.42 Å². The molecule has 4 heteroatoms. The molecular weight excluding hydrogens is 635 g/mol. The number of rotatable bonds is 6. The van der Waals surface area contributed by atoms with Crippen LogP contribution in [-0.4, -0.2) is 15.0 Å². The summed E-state index contributed by atoms with van der Waals surface area (Å²) in [6.45, 7) is 0. The Balaban J connectivity index is 1.12. The van der Waals surface area contributed by atoms with Gasteiger partial charge in [0.1, 0.15) is 17.0 Å². The molecule has 0 radical (unpaired) electrons. The Morgan fingerprint density at radius 1 is 0.385 bits per heavy atom. The van der Waals surface area contributed by atoms with Crippen LogP contribution in [0, 0.1) is 0 Å². The first kappa shape index (κ1) is 30.0. The third-order valence-corrected chi connectivity index (χ3v) is 9.96. The van der Waals surface area contributed by atoms with Gasteiger partial charge in [0.25, 0.3) is 0 Å². The monoisotopic (exact) mass is 665 g/mol. The molecule has 0 fully saturated rings. The summed E-state index contributed by atoms with van der Waals surface area (Å²) in [6, 6.07) is 61.4. The quantitative estimate of drug-likeness (QED) is 0.166. The van der Waals surface area contributed by atoms with Crippen molar-refractivity contribution in [2.75, 3.05) is 0 Å². The minimum absolute atomic E-state index is 0.514. The molecule has 0 amide bonds. The molecule has 0 N–H and O–H groups in total. The van der Waals surface area contributed by atoms with Gasteiger partial charge in [0, 0.05) is 28.3 Å². The topological polar surface area (TPSA) is 51.8 Å². The lowest BCUT2D eigenvalue weighted by molar-refractivity contribution is 0.668. The molecule has 0 aliphatic carbocycles. The van der Waals surface area contributed by atoms with E-state index in [-0.39, 0.29) is 0 Å². The molecule has 0 atom stereocenters. The van der Waals surface area contributed by atoms with Gasteiger partial charge in [0.05, 0.1) is 0 Å². The Kier molecular flexibility index (Phi) is 7.17. The van der Waals surface area contributed by atoms with Gasteiger partial charge in [-0.05, 0) is 79.7 Å². The Morgan fingerprint density at radius 3 is 1.85 bits per heavy atom. The number of hydrogen-bond acceptors (Lipinski definition) is 4. The van der Waals surface area contributed by atoms with E-state index in [1.807, 2.05) is 24.3 Å². The largest absolute Gasteiger partial charge is 0.456 e. The predicted octanol–water partition coefficient (Wildman–Crippen LogP) is 12.3. The number of furan rings is 1. The van der Waals surface area contributed by atoms with Gasteiger partial charge >= 0.3 is 0 Å². The van der Waals surface area contributed by atoms with Gasteiger partial charge in [0.15, 0.2) is 11.6 Å². The van der Waals surface area contributed by atoms with E-state index in [1.165, 1.54) is 21.9 Å². The first-order valence-electron chi connectivity index (χ1n) is 17.6. The van der Waals surface area contributed by atoms with Crippen molar-refractivity contribution in [3.63, 3.8) is 0 Å². The van der Waals surface area contributed by atoms with Gasteiger partial charge in [-0.15, -0.1) is 0 Å². The van der Waals surface area contributed by atoms with E-state index in [0.717, 1.165) is 60.5 Å². The van der Waals surface area contributed by atoms with Crippen molar-refractivity contribution in [1.82, 2.24) is 15.0 Å². The van der Waals surface area contributed by atoms with E-state index in [1.54, 1.807) is 0 Å². The summed E-state index contributed by atoms with van der Waals surface area (Å²) in [5.74, 6) is 2.02. The van der Waals surface area contributed by atoms with Crippen LogP contribution in [0.15, 0.2) is 180 Å². The minimum atomic E-state index is 0.514. The van der Waals surface area contributed by atoms with Crippen molar-refractivity contribution in [3.05, 3.63) is 187 Å². The molecule has 2 aromatic heterocycles. The van der Waals surface area contributed by atoms with E-state index in [0.29, 0.717) is 23.9 Å². The summed E-state index contributed by atoms with van der Waals surface area (Å²) in [7, 11) is 0. The highest BCUT2D eigenvalue weighted by Crippen LogP contribution is 2.37. The van der Waals surface area contributed by atoms with Gasteiger partial charge in [-0.1, -0.05) is 146 Å². The predicted molar refractivity (Wildman–Crippen MR) is 213 cm³/mol. The van der Waals surface area contributed by atoms with Crippen molar-refractivity contribution in [2.24, 2.45) is 0 Å². The fourth-order valence-electron chi connectivity index (χ4n) is 7.48. The van der Waals surface area contributed by atoms with E-state index < -0.39 is 0 Å². The molecule has 0 saturated carbocycles. The lowest BCUT2D eigenvalue weighted by Gasteiger charge is -2.12. The molecule has 0 saturated heterocycles. The van der Waals surface area contributed by atoms with Crippen LogP contribution in [-0.2, 0) is 6.42 Å². The molecule has 2 heterocycles. The zero-order chi connectivity index (χ0) is 34.4. The Morgan fingerprint density at radius 2 is 1.02 bits per heavy atom. The zero-order valence-corrected chi connectivity index (χ0v) is 28.2. The van der Waals surface area contributed by atoms with Crippen LogP contribution in [0.25, 0.3) is 88.5 Å². The Bertz CT molecular complexity index is 2930.